The first kappa shape index (κ1) is 26.4. The van der Waals surface area contributed by atoms with Crippen LogP contribution in [0.2, 0.25) is 5.02 Å². The van der Waals surface area contributed by atoms with Crippen molar-refractivity contribution >= 4 is 23.4 Å². The van der Waals surface area contributed by atoms with Crippen LogP contribution in [0.4, 0.5) is 0 Å². The highest BCUT2D eigenvalue weighted by atomic mass is 35.5. The number of nitrogens with one attached hydrogen (secondary N) is 1. The van der Waals surface area contributed by atoms with Crippen LogP contribution < -0.4 is 15.8 Å². The van der Waals surface area contributed by atoms with Crippen molar-refractivity contribution in [2.45, 2.75) is 18.2 Å². The standard InChI is InChI=1S/C28H26ClN5O5/c1-37-23-10-9-19(29)17-21(23)22-11-13-34(33-22)25-20(8-5-12-31-25)26(35)32-24(16-18-6-3-2-4-7-18)28(27(30)36)38-14-15-39-28/h2-13,17,24H,14-16H2,1H3,(H2,30,36)(H,32,35). The van der Waals surface area contributed by atoms with Crippen molar-refractivity contribution < 1.29 is 23.8 Å². The molecule has 10 nitrogen and oxygen atoms in total. The van der Waals surface area contributed by atoms with Crippen LogP contribution in [0.15, 0.2) is 79.1 Å². The van der Waals surface area contributed by atoms with Crippen molar-refractivity contribution in [2.75, 3.05) is 20.3 Å². The maximum absolute atomic E-state index is 13.7. The lowest BCUT2D eigenvalue weighted by Crippen LogP contribution is -2.61. The predicted molar refractivity (Wildman–Crippen MR) is 144 cm³/mol. The minimum Gasteiger partial charge on any atom is -0.496 e. The van der Waals surface area contributed by atoms with Gasteiger partial charge in [-0.3, -0.25) is 9.59 Å². The molecule has 0 bridgehead atoms. The normalized spacial score (nSPS) is 15.0. The largest absolute Gasteiger partial charge is 0.496 e. The maximum atomic E-state index is 13.7. The molecule has 1 unspecified atom stereocenters. The number of carbonyl (C=O) groups excluding carboxylic acids is 2. The number of pyridine rings is 1. The van der Waals surface area contributed by atoms with Gasteiger partial charge in [-0.2, -0.15) is 5.10 Å². The average Bonchev–Trinajstić information content (AvgIpc) is 3.65. The molecule has 2 amide bonds. The molecule has 2 aromatic carbocycles. The molecule has 1 aliphatic rings. The predicted octanol–water partition coefficient (Wildman–Crippen LogP) is 3.17. The summed E-state index contributed by atoms with van der Waals surface area (Å²) in [6, 6.07) is 18.7. The van der Waals surface area contributed by atoms with Crippen molar-refractivity contribution in [3.05, 3.63) is 95.3 Å². The van der Waals surface area contributed by atoms with Gasteiger partial charge in [0.05, 0.1) is 37.6 Å². The summed E-state index contributed by atoms with van der Waals surface area (Å²) in [7, 11) is 1.56. The van der Waals surface area contributed by atoms with Crippen LogP contribution in [-0.2, 0) is 20.7 Å². The Morgan fingerprint density at radius 2 is 1.90 bits per heavy atom. The van der Waals surface area contributed by atoms with E-state index in [1.54, 1.807) is 55.9 Å². The number of carbonyl (C=O) groups is 2. The zero-order valence-electron chi connectivity index (χ0n) is 21.0. The molecule has 0 radical (unpaired) electrons. The fraction of sp³-hybridized carbons (Fsp3) is 0.214. The van der Waals surface area contributed by atoms with Gasteiger partial charge < -0.3 is 25.3 Å². The molecular weight excluding hydrogens is 522 g/mol. The van der Waals surface area contributed by atoms with E-state index in [1.807, 2.05) is 30.3 Å². The summed E-state index contributed by atoms with van der Waals surface area (Å²) in [6.45, 7) is 0.344. The number of hydrogen-bond donors (Lipinski definition) is 2. The van der Waals surface area contributed by atoms with Gasteiger partial charge in [-0.25, -0.2) is 9.67 Å². The Bertz CT molecular complexity index is 1490. The molecule has 2 aromatic heterocycles. The fourth-order valence-corrected chi connectivity index (χ4v) is 4.70. The topological polar surface area (TPSA) is 131 Å². The lowest BCUT2D eigenvalue weighted by atomic mass is 9.97. The van der Waals surface area contributed by atoms with Crippen molar-refractivity contribution in [1.82, 2.24) is 20.1 Å². The second-order valence-corrected chi connectivity index (χ2v) is 9.25. The third kappa shape index (κ3) is 5.35. The van der Waals surface area contributed by atoms with Crippen LogP contribution in [0.5, 0.6) is 5.75 Å². The molecule has 39 heavy (non-hydrogen) atoms. The average molecular weight is 548 g/mol. The van der Waals surface area contributed by atoms with Crippen LogP contribution in [0.3, 0.4) is 0 Å². The molecule has 200 valence electrons. The zero-order chi connectivity index (χ0) is 27.4. The summed E-state index contributed by atoms with van der Waals surface area (Å²) in [5.74, 6) is -2.26. The molecular formula is C28H26ClN5O5. The third-order valence-electron chi connectivity index (χ3n) is 6.38. The summed E-state index contributed by atoms with van der Waals surface area (Å²) in [6.07, 6.45) is 3.49. The molecule has 1 saturated heterocycles. The number of methoxy groups -OCH3 is 1. The van der Waals surface area contributed by atoms with E-state index < -0.39 is 23.6 Å². The van der Waals surface area contributed by atoms with Crippen molar-refractivity contribution in [1.29, 1.82) is 0 Å². The highest BCUT2D eigenvalue weighted by molar-refractivity contribution is 6.31. The van der Waals surface area contributed by atoms with E-state index in [2.05, 4.69) is 15.4 Å². The lowest BCUT2D eigenvalue weighted by Gasteiger charge is -2.33. The molecule has 0 saturated carbocycles. The SMILES string of the molecule is COc1ccc(Cl)cc1-c1ccn(-c2ncccc2C(=O)NC(Cc2ccccc2)C2(C(N)=O)OCCO2)n1. The smallest absolute Gasteiger partial charge is 0.280 e. The Hall–Kier alpha value is -4.25. The number of amides is 2. The molecule has 0 spiro atoms. The zero-order valence-corrected chi connectivity index (χ0v) is 21.8. The quantitative estimate of drug-likeness (QED) is 0.329. The highest BCUT2D eigenvalue weighted by Gasteiger charge is 2.51. The summed E-state index contributed by atoms with van der Waals surface area (Å²) in [5, 5.41) is 8.06. The molecule has 5 rings (SSSR count). The molecule has 1 fully saturated rings. The number of primary amides is 1. The number of aromatic nitrogens is 3. The Morgan fingerprint density at radius 1 is 1.13 bits per heavy atom. The van der Waals surface area contributed by atoms with Gasteiger partial charge in [0.1, 0.15) is 5.75 Å². The molecule has 1 aliphatic heterocycles. The Morgan fingerprint density at radius 3 is 2.62 bits per heavy atom. The van der Waals surface area contributed by atoms with Gasteiger partial charge >= 0.3 is 0 Å². The summed E-state index contributed by atoms with van der Waals surface area (Å²) < 4.78 is 18.4. The number of hydrogen-bond acceptors (Lipinski definition) is 7. The lowest BCUT2D eigenvalue weighted by molar-refractivity contribution is -0.189. The first-order valence-corrected chi connectivity index (χ1v) is 12.6. The van der Waals surface area contributed by atoms with Gasteiger partial charge in [-0.15, -0.1) is 0 Å². The molecule has 3 heterocycles. The van der Waals surface area contributed by atoms with E-state index in [1.165, 1.54) is 4.68 Å². The van der Waals surface area contributed by atoms with E-state index in [4.69, 9.17) is 31.5 Å². The van der Waals surface area contributed by atoms with Crippen molar-refractivity contribution in [3.8, 4) is 22.8 Å². The van der Waals surface area contributed by atoms with Crippen LogP contribution in [0.25, 0.3) is 17.1 Å². The van der Waals surface area contributed by atoms with Crippen LogP contribution in [0.1, 0.15) is 15.9 Å². The number of benzene rings is 2. The summed E-state index contributed by atoms with van der Waals surface area (Å²) in [4.78, 5) is 30.6. The monoisotopic (exact) mass is 547 g/mol. The maximum Gasteiger partial charge on any atom is 0.280 e. The summed E-state index contributed by atoms with van der Waals surface area (Å²) >= 11 is 6.20. The second kappa shape index (κ2) is 11.2. The van der Waals surface area contributed by atoms with Gasteiger partial charge in [0.25, 0.3) is 17.6 Å². The van der Waals surface area contributed by atoms with Gasteiger partial charge in [0.2, 0.25) is 0 Å². The van der Waals surface area contributed by atoms with Gasteiger partial charge in [-0.1, -0.05) is 41.9 Å². The Kier molecular flexibility index (Phi) is 7.60. The molecule has 11 heteroatoms. The van der Waals surface area contributed by atoms with Crippen LogP contribution >= 0.6 is 11.6 Å². The van der Waals surface area contributed by atoms with Gasteiger partial charge in [-0.05, 0) is 48.4 Å². The minimum absolute atomic E-state index is 0.172. The highest BCUT2D eigenvalue weighted by Crippen LogP contribution is 2.32. The number of ether oxygens (including phenoxy) is 3. The molecule has 0 aliphatic carbocycles. The van der Waals surface area contributed by atoms with Gasteiger partial charge in [0, 0.05) is 23.0 Å². The van der Waals surface area contributed by atoms with Gasteiger partial charge in [0.15, 0.2) is 5.82 Å². The summed E-state index contributed by atoms with van der Waals surface area (Å²) in [5.41, 5.74) is 8.08. The number of halogens is 1. The number of nitrogens with two attached hydrogens (primary N) is 1. The molecule has 4 aromatic rings. The Labute approximate surface area is 229 Å². The van der Waals surface area contributed by atoms with Crippen LogP contribution in [-0.4, -0.2) is 58.7 Å². The van der Waals surface area contributed by atoms with Crippen LogP contribution in [0, 0.1) is 0 Å². The van der Waals surface area contributed by atoms with E-state index >= 15 is 0 Å². The third-order valence-corrected chi connectivity index (χ3v) is 6.62. The van der Waals surface area contributed by atoms with E-state index in [0.29, 0.717) is 22.0 Å². The molecule has 3 N–H and O–H groups in total. The van der Waals surface area contributed by atoms with E-state index in [0.717, 1.165) is 5.56 Å². The second-order valence-electron chi connectivity index (χ2n) is 8.81. The molecule has 1 atom stereocenters. The van der Waals surface area contributed by atoms with Crippen molar-refractivity contribution in [2.24, 2.45) is 5.73 Å². The number of nitrogens with zero attached hydrogens (tertiary/aromatic N) is 3. The number of rotatable bonds is 9. The first-order chi connectivity index (χ1) is 18.9. The Balaban J connectivity index is 1.48. The van der Waals surface area contributed by atoms with E-state index in [-0.39, 0.29) is 31.0 Å². The van der Waals surface area contributed by atoms with Crippen molar-refractivity contribution in [3.63, 3.8) is 0 Å². The first-order valence-electron chi connectivity index (χ1n) is 12.2. The van der Waals surface area contributed by atoms with E-state index in [9.17, 15) is 9.59 Å². The fourth-order valence-electron chi connectivity index (χ4n) is 4.53. The minimum atomic E-state index is -1.81.